The Bertz CT molecular complexity index is 1400. The van der Waals surface area contributed by atoms with Crippen LogP contribution in [0.4, 0.5) is 8.78 Å². The topological polar surface area (TPSA) is 63.6 Å². The van der Waals surface area contributed by atoms with Crippen molar-refractivity contribution in [2.45, 2.75) is 70.9 Å². The second-order valence-electron chi connectivity index (χ2n) is 12.3. The lowest BCUT2D eigenvalue weighted by atomic mass is 9.80. The minimum atomic E-state index is -0.632. The van der Waals surface area contributed by atoms with Crippen LogP contribution in [0.1, 0.15) is 69.9 Å². The van der Waals surface area contributed by atoms with E-state index in [1.54, 1.807) is 0 Å². The number of ether oxygens (including phenoxy) is 2. The van der Waals surface area contributed by atoms with Crippen molar-refractivity contribution in [1.29, 1.82) is 0 Å². The summed E-state index contributed by atoms with van der Waals surface area (Å²) in [6.07, 6.45) is 4.21. The minimum Gasteiger partial charge on any atom is -0.492 e. The quantitative estimate of drug-likeness (QED) is 0.321. The van der Waals surface area contributed by atoms with Gasteiger partial charge >= 0.3 is 5.97 Å². The highest BCUT2D eigenvalue weighted by Crippen LogP contribution is 2.51. The van der Waals surface area contributed by atoms with E-state index in [9.17, 15) is 13.6 Å². The molecule has 1 aliphatic carbocycles. The molecule has 2 aromatic carbocycles. The molecule has 7 nitrogen and oxygen atoms in total. The van der Waals surface area contributed by atoms with E-state index in [2.05, 4.69) is 21.0 Å². The van der Waals surface area contributed by atoms with E-state index in [4.69, 9.17) is 25.9 Å². The number of hydrogen-bond acceptors (Lipinski definition) is 7. The molecule has 1 spiro atoms. The van der Waals surface area contributed by atoms with Gasteiger partial charge in [-0.05, 0) is 76.1 Å². The maximum Gasteiger partial charge on any atom is 0.311 e. The number of amidine groups is 1. The largest absolute Gasteiger partial charge is 0.492 e. The molecule has 226 valence electrons. The van der Waals surface area contributed by atoms with Crippen LogP contribution < -0.4 is 4.74 Å². The molecule has 3 fully saturated rings. The molecule has 1 saturated carbocycles. The van der Waals surface area contributed by atoms with Gasteiger partial charge in [0, 0.05) is 55.5 Å². The third-order valence-electron chi connectivity index (χ3n) is 9.08. The molecule has 0 radical (unpaired) electrons. The minimum absolute atomic E-state index is 0.118. The van der Waals surface area contributed by atoms with Crippen molar-refractivity contribution in [2.75, 3.05) is 39.4 Å². The van der Waals surface area contributed by atoms with Crippen LogP contribution >= 0.6 is 11.6 Å². The van der Waals surface area contributed by atoms with Crippen LogP contribution in [-0.4, -0.2) is 66.6 Å². The van der Waals surface area contributed by atoms with Crippen LogP contribution in [0.5, 0.6) is 5.75 Å². The summed E-state index contributed by atoms with van der Waals surface area (Å²) in [5.41, 5.74) is 2.03. The van der Waals surface area contributed by atoms with E-state index in [1.807, 2.05) is 20.8 Å². The third-order valence-corrected chi connectivity index (χ3v) is 9.44. The molecule has 0 unspecified atom stereocenters. The van der Waals surface area contributed by atoms with Gasteiger partial charge in [0.2, 0.25) is 0 Å². The van der Waals surface area contributed by atoms with Crippen molar-refractivity contribution < 1.29 is 27.9 Å². The number of hydrogen-bond donors (Lipinski definition) is 0. The van der Waals surface area contributed by atoms with Gasteiger partial charge in [0.1, 0.15) is 23.2 Å². The summed E-state index contributed by atoms with van der Waals surface area (Å²) in [5, 5.41) is 4.84. The van der Waals surface area contributed by atoms with Crippen molar-refractivity contribution in [1.82, 2.24) is 9.80 Å². The molecule has 0 amide bonds. The fourth-order valence-electron chi connectivity index (χ4n) is 6.54. The molecule has 2 aromatic rings. The average molecular weight is 602 g/mol. The number of likely N-dealkylation sites (tertiary alicyclic amines) is 2. The standard InChI is InChI=1S/C32H38ClF2N3O4/c1-4-40-29-21(14-24(20-6-7-20)27(28(29)33)23-9-8-22(34)15-25(23)35)17-37-18-32(19-37)16-26(36-42-32)38-12-10-31(3,11-13-38)30(39)41-5-2/h8-9,14-15,20H,4-7,10-13,16-19H2,1-3H3. The second-order valence-corrected chi connectivity index (χ2v) is 12.7. The first-order valence-corrected chi connectivity index (χ1v) is 15.4. The zero-order chi connectivity index (χ0) is 29.6. The van der Waals surface area contributed by atoms with Gasteiger partial charge in [-0.25, -0.2) is 8.78 Å². The smallest absolute Gasteiger partial charge is 0.311 e. The molecule has 3 heterocycles. The predicted molar refractivity (Wildman–Crippen MR) is 157 cm³/mol. The van der Waals surface area contributed by atoms with E-state index >= 15 is 0 Å². The van der Waals surface area contributed by atoms with Gasteiger partial charge in [-0.3, -0.25) is 9.69 Å². The maximum absolute atomic E-state index is 14.9. The maximum atomic E-state index is 14.9. The third kappa shape index (κ3) is 5.46. The fourth-order valence-corrected chi connectivity index (χ4v) is 6.92. The van der Waals surface area contributed by atoms with Gasteiger partial charge in [-0.2, -0.15) is 0 Å². The van der Waals surface area contributed by atoms with Crippen molar-refractivity contribution in [3.8, 4) is 16.9 Å². The summed E-state index contributed by atoms with van der Waals surface area (Å²) in [4.78, 5) is 22.9. The molecular formula is C32H38ClF2N3O4. The molecule has 0 atom stereocenters. The number of carbonyl (C=O) groups excluding carboxylic acids is 1. The highest BCUT2D eigenvalue weighted by atomic mass is 35.5. The lowest BCUT2D eigenvalue weighted by Crippen LogP contribution is -2.61. The average Bonchev–Trinajstić information content (AvgIpc) is 3.69. The molecule has 2 saturated heterocycles. The Morgan fingerprint density at radius 2 is 1.88 bits per heavy atom. The van der Waals surface area contributed by atoms with Gasteiger partial charge in [0.05, 0.1) is 30.1 Å². The summed E-state index contributed by atoms with van der Waals surface area (Å²) in [6, 6.07) is 5.72. The number of oxime groups is 1. The van der Waals surface area contributed by atoms with Crippen molar-refractivity contribution in [2.24, 2.45) is 10.6 Å². The number of benzene rings is 2. The Labute approximate surface area is 250 Å². The second kappa shape index (κ2) is 11.3. The van der Waals surface area contributed by atoms with Gasteiger partial charge < -0.3 is 19.2 Å². The highest BCUT2D eigenvalue weighted by molar-refractivity contribution is 6.35. The number of carbonyl (C=O) groups is 1. The van der Waals surface area contributed by atoms with Crippen LogP contribution in [0.25, 0.3) is 11.1 Å². The monoisotopic (exact) mass is 601 g/mol. The first-order valence-electron chi connectivity index (χ1n) is 15.0. The summed E-state index contributed by atoms with van der Waals surface area (Å²) >= 11 is 6.96. The van der Waals surface area contributed by atoms with Gasteiger partial charge in [-0.1, -0.05) is 16.8 Å². The van der Waals surface area contributed by atoms with Crippen LogP contribution in [0.15, 0.2) is 29.4 Å². The molecule has 0 aromatic heterocycles. The van der Waals surface area contributed by atoms with Gasteiger partial charge in [0.15, 0.2) is 5.60 Å². The van der Waals surface area contributed by atoms with Crippen molar-refractivity contribution >= 4 is 23.4 Å². The summed E-state index contributed by atoms with van der Waals surface area (Å²) in [6.45, 7) is 10.1. The summed E-state index contributed by atoms with van der Waals surface area (Å²) in [5.74, 6) is 0.416. The van der Waals surface area contributed by atoms with Crippen LogP contribution in [0.3, 0.4) is 0 Å². The van der Waals surface area contributed by atoms with E-state index in [0.29, 0.717) is 60.7 Å². The Balaban J connectivity index is 1.14. The predicted octanol–water partition coefficient (Wildman–Crippen LogP) is 6.51. The first kappa shape index (κ1) is 29.2. The van der Waals surface area contributed by atoms with E-state index < -0.39 is 17.0 Å². The zero-order valence-electron chi connectivity index (χ0n) is 24.5. The molecule has 10 heteroatoms. The lowest BCUT2D eigenvalue weighted by molar-refractivity contribution is -0.156. The zero-order valence-corrected chi connectivity index (χ0v) is 25.2. The summed E-state index contributed by atoms with van der Waals surface area (Å²) in [7, 11) is 0. The molecule has 6 rings (SSSR count). The Morgan fingerprint density at radius 1 is 1.14 bits per heavy atom. The molecular weight excluding hydrogens is 564 g/mol. The molecule has 3 aliphatic heterocycles. The molecule has 42 heavy (non-hydrogen) atoms. The Morgan fingerprint density at radius 3 is 2.52 bits per heavy atom. The highest BCUT2D eigenvalue weighted by Gasteiger charge is 2.51. The number of rotatable bonds is 8. The molecule has 0 N–H and O–H groups in total. The lowest BCUT2D eigenvalue weighted by Gasteiger charge is -2.46. The Kier molecular flexibility index (Phi) is 7.85. The Hall–Kier alpha value is -2.91. The first-order chi connectivity index (χ1) is 20.1. The van der Waals surface area contributed by atoms with Crippen LogP contribution in [0.2, 0.25) is 5.02 Å². The van der Waals surface area contributed by atoms with Crippen molar-refractivity contribution in [3.05, 3.63) is 52.0 Å². The van der Waals surface area contributed by atoms with Crippen LogP contribution in [0, 0.1) is 17.0 Å². The van der Waals surface area contributed by atoms with Gasteiger partial charge in [-0.15, -0.1) is 0 Å². The van der Waals surface area contributed by atoms with E-state index in [0.717, 1.165) is 68.2 Å². The van der Waals surface area contributed by atoms with Gasteiger partial charge in [0.25, 0.3) is 0 Å². The number of esters is 1. The molecule has 0 bridgehead atoms. The van der Waals surface area contributed by atoms with Crippen LogP contribution in [-0.2, 0) is 20.9 Å². The number of piperidine rings is 1. The number of nitrogens with zero attached hydrogens (tertiary/aromatic N) is 3. The van der Waals surface area contributed by atoms with E-state index in [1.165, 1.54) is 12.1 Å². The fraction of sp³-hybridized carbons (Fsp3) is 0.562. The normalized spacial score (nSPS) is 21.1. The van der Waals surface area contributed by atoms with Crippen molar-refractivity contribution in [3.63, 3.8) is 0 Å². The van der Waals surface area contributed by atoms with E-state index in [-0.39, 0.29) is 11.6 Å². The SMILES string of the molecule is CCOC(=O)C1(C)CCN(C2=NOC3(C2)CN(Cc2cc(C4CC4)c(-c4ccc(F)cc4F)c(Cl)c2OCC)C3)CC1. The number of halogens is 3. The summed E-state index contributed by atoms with van der Waals surface area (Å²) < 4.78 is 39.9. The molecule has 4 aliphatic rings.